The molecule has 9 nitrogen and oxygen atoms in total. The number of amides is 2. The lowest BCUT2D eigenvalue weighted by Gasteiger charge is -2.30. The second-order valence-corrected chi connectivity index (χ2v) is 7.65. The molecule has 1 aromatic carbocycles. The Morgan fingerprint density at radius 3 is 2.58 bits per heavy atom. The van der Waals surface area contributed by atoms with E-state index in [1.807, 2.05) is 13.8 Å². The Balaban J connectivity index is 1.79. The van der Waals surface area contributed by atoms with E-state index in [9.17, 15) is 9.59 Å². The first-order chi connectivity index (χ1) is 15.9. The average molecular weight is 452 g/mol. The summed E-state index contributed by atoms with van der Waals surface area (Å²) in [5.41, 5.74) is 0.648. The van der Waals surface area contributed by atoms with Crippen LogP contribution in [0, 0.1) is 5.41 Å². The summed E-state index contributed by atoms with van der Waals surface area (Å²) in [6.45, 7) is 5.45. The van der Waals surface area contributed by atoms with E-state index < -0.39 is 5.91 Å². The second kappa shape index (κ2) is 11.1. The van der Waals surface area contributed by atoms with Gasteiger partial charge in [0.1, 0.15) is 28.8 Å². The smallest absolute Gasteiger partial charge is 0.272 e. The van der Waals surface area contributed by atoms with Crippen molar-refractivity contribution in [3.63, 3.8) is 0 Å². The van der Waals surface area contributed by atoms with Gasteiger partial charge < -0.3 is 25.0 Å². The highest BCUT2D eigenvalue weighted by Crippen LogP contribution is 2.28. The maximum Gasteiger partial charge on any atom is 0.272 e. The van der Waals surface area contributed by atoms with Crippen LogP contribution in [0.5, 0.6) is 17.2 Å². The molecule has 1 atom stereocenters. The topological polar surface area (TPSA) is 117 Å². The Morgan fingerprint density at radius 1 is 1.21 bits per heavy atom. The molecule has 0 saturated carbocycles. The summed E-state index contributed by atoms with van der Waals surface area (Å²) in [4.78, 5) is 30.9. The normalized spacial score (nSPS) is 13.7. The van der Waals surface area contributed by atoms with E-state index in [1.165, 1.54) is 12.3 Å². The molecule has 9 heteroatoms. The molecule has 2 aromatic rings. The molecule has 174 valence electrons. The van der Waals surface area contributed by atoms with E-state index in [-0.39, 0.29) is 23.4 Å². The molecule has 1 saturated heterocycles. The summed E-state index contributed by atoms with van der Waals surface area (Å²) in [6, 6.07) is 8.15. The third kappa shape index (κ3) is 6.55. The summed E-state index contributed by atoms with van der Waals surface area (Å²) >= 11 is 0. The Kier molecular flexibility index (Phi) is 8.01. The Labute approximate surface area is 193 Å². The number of pyridine rings is 1. The van der Waals surface area contributed by atoms with Crippen molar-refractivity contribution < 1.29 is 19.1 Å². The van der Waals surface area contributed by atoms with Gasteiger partial charge in [0.25, 0.3) is 11.8 Å². The number of likely N-dealkylation sites (tertiary alicyclic amines) is 1. The minimum atomic E-state index is -0.464. The number of benzene rings is 1. The molecule has 3 rings (SSSR count). The number of amidine groups is 1. The number of carbonyl (C=O) groups is 2. The van der Waals surface area contributed by atoms with E-state index in [0.717, 1.165) is 25.9 Å². The number of ether oxygens (including phenoxy) is 2. The van der Waals surface area contributed by atoms with E-state index in [0.29, 0.717) is 22.9 Å². The number of hydrogen-bond acceptors (Lipinski definition) is 7. The van der Waals surface area contributed by atoms with Gasteiger partial charge in [0.2, 0.25) is 0 Å². The standard InChI is InChI=1S/C24H29N5O4/c1-4-16(2)32-19-12-17(23(30)28-22(25)8-9-26-3)13-20(14-19)33-18-6-7-21(27-15-18)24(31)29-10-5-11-29/h6-9,12-16,26H,4-5,10-11H2,1-3H3,(H2,25,28,30)/b9-8-/t16-/m0/s1. The molecule has 33 heavy (non-hydrogen) atoms. The molecule has 0 bridgehead atoms. The van der Waals surface area contributed by atoms with Crippen molar-refractivity contribution in [1.29, 1.82) is 5.41 Å². The van der Waals surface area contributed by atoms with E-state index >= 15 is 0 Å². The zero-order valence-electron chi connectivity index (χ0n) is 19.1. The van der Waals surface area contributed by atoms with Crippen LogP contribution < -0.4 is 20.1 Å². The fourth-order valence-electron chi connectivity index (χ4n) is 2.93. The van der Waals surface area contributed by atoms with Crippen LogP contribution in [-0.4, -0.2) is 53.8 Å². The molecule has 1 fully saturated rings. The quantitative estimate of drug-likeness (QED) is 0.398. The number of hydrogen-bond donors (Lipinski definition) is 3. The van der Waals surface area contributed by atoms with Crippen molar-refractivity contribution in [2.75, 3.05) is 20.1 Å². The first kappa shape index (κ1) is 23.8. The minimum Gasteiger partial charge on any atom is -0.491 e. The number of carbonyl (C=O) groups excluding carboxylic acids is 2. The van der Waals surface area contributed by atoms with Crippen LogP contribution in [0.4, 0.5) is 0 Å². The van der Waals surface area contributed by atoms with Crippen molar-refractivity contribution in [1.82, 2.24) is 20.5 Å². The molecule has 0 aliphatic carbocycles. The maximum absolute atomic E-state index is 12.7. The van der Waals surface area contributed by atoms with Gasteiger partial charge in [-0.3, -0.25) is 15.0 Å². The predicted molar refractivity (Wildman–Crippen MR) is 125 cm³/mol. The van der Waals surface area contributed by atoms with Crippen LogP contribution in [0.3, 0.4) is 0 Å². The van der Waals surface area contributed by atoms with Crippen molar-refractivity contribution in [3.8, 4) is 17.2 Å². The third-order valence-electron chi connectivity index (χ3n) is 5.05. The summed E-state index contributed by atoms with van der Waals surface area (Å²) in [5.74, 6) is 0.659. The lowest BCUT2D eigenvalue weighted by Crippen LogP contribution is -2.42. The minimum absolute atomic E-state index is 0.0542. The summed E-state index contributed by atoms with van der Waals surface area (Å²) in [7, 11) is 1.70. The molecule has 1 aromatic heterocycles. The van der Waals surface area contributed by atoms with Crippen LogP contribution in [0.2, 0.25) is 0 Å². The van der Waals surface area contributed by atoms with Crippen molar-refractivity contribution in [3.05, 3.63) is 60.1 Å². The van der Waals surface area contributed by atoms with Crippen LogP contribution in [0.25, 0.3) is 0 Å². The van der Waals surface area contributed by atoms with Crippen LogP contribution in [0.15, 0.2) is 48.8 Å². The van der Waals surface area contributed by atoms with Gasteiger partial charge in [-0.05, 0) is 56.3 Å². The number of nitrogens with zero attached hydrogens (tertiary/aromatic N) is 2. The average Bonchev–Trinajstić information content (AvgIpc) is 2.76. The van der Waals surface area contributed by atoms with Gasteiger partial charge in [-0.15, -0.1) is 0 Å². The molecule has 1 aliphatic heterocycles. The highest BCUT2D eigenvalue weighted by molar-refractivity contribution is 6.09. The first-order valence-electron chi connectivity index (χ1n) is 10.9. The van der Waals surface area contributed by atoms with Crippen molar-refractivity contribution in [2.24, 2.45) is 0 Å². The van der Waals surface area contributed by atoms with Gasteiger partial charge in [0, 0.05) is 31.8 Å². The molecule has 2 amide bonds. The van der Waals surface area contributed by atoms with Gasteiger partial charge in [-0.25, -0.2) is 4.98 Å². The fraction of sp³-hybridized carbons (Fsp3) is 0.333. The first-order valence-corrected chi connectivity index (χ1v) is 10.9. The van der Waals surface area contributed by atoms with Crippen molar-refractivity contribution in [2.45, 2.75) is 32.8 Å². The van der Waals surface area contributed by atoms with Gasteiger partial charge in [-0.2, -0.15) is 0 Å². The molecule has 3 N–H and O–H groups in total. The predicted octanol–water partition coefficient (Wildman–Crippen LogP) is 3.34. The van der Waals surface area contributed by atoms with E-state index in [1.54, 1.807) is 48.5 Å². The summed E-state index contributed by atoms with van der Waals surface area (Å²) in [6.07, 6.45) is 6.22. The molecular formula is C24H29N5O4. The van der Waals surface area contributed by atoms with Crippen molar-refractivity contribution >= 4 is 17.6 Å². The second-order valence-electron chi connectivity index (χ2n) is 7.65. The van der Waals surface area contributed by atoms with Crippen LogP contribution >= 0.6 is 0 Å². The highest BCUT2D eigenvalue weighted by atomic mass is 16.5. The fourth-order valence-corrected chi connectivity index (χ4v) is 2.93. The summed E-state index contributed by atoms with van der Waals surface area (Å²) < 4.78 is 11.8. The SMILES string of the molecule is CC[C@H](C)Oc1cc(Oc2ccc(C(=O)N3CCC3)nc2)cc(C(=O)NC(=N)/C=C\NC)c1. The van der Waals surface area contributed by atoms with Gasteiger partial charge in [0.15, 0.2) is 0 Å². The third-order valence-corrected chi connectivity index (χ3v) is 5.05. The summed E-state index contributed by atoms with van der Waals surface area (Å²) in [5, 5.41) is 13.1. The lowest BCUT2D eigenvalue weighted by atomic mass is 10.1. The van der Waals surface area contributed by atoms with E-state index in [2.05, 4.69) is 15.6 Å². The molecule has 0 radical (unpaired) electrons. The van der Waals surface area contributed by atoms with Gasteiger partial charge in [0.05, 0.1) is 12.3 Å². The number of rotatable bonds is 9. The Bertz CT molecular complexity index is 1030. The zero-order chi connectivity index (χ0) is 23.8. The monoisotopic (exact) mass is 451 g/mol. The van der Waals surface area contributed by atoms with Crippen LogP contribution in [0.1, 0.15) is 47.5 Å². The maximum atomic E-state index is 12.7. The van der Waals surface area contributed by atoms with Gasteiger partial charge >= 0.3 is 0 Å². The Hall–Kier alpha value is -3.88. The number of aromatic nitrogens is 1. The molecular weight excluding hydrogens is 422 g/mol. The lowest BCUT2D eigenvalue weighted by molar-refractivity contribution is 0.0645. The van der Waals surface area contributed by atoms with Crippen LogP contribution in [-0.2, 0) is 0 Å². The number of nitrogens with one attached hydrogen (secondary N) is 3. The Morgan fingerprint density at radius 2 is 1.97 bits per heavy atom. The van der Waals surface area contributed by atoms with E-state index in [4.69, 9.17) is 14.9 Å². The molecule has 1 aliphatic rings. The molecule has 2 heterocycles. The highest BCUT2D eigenvalue weighted by Gasteiger charge is 2.22. The zero-order valence-corrected chi connectivity index (χ0v) is 19.1. The molecule has 0 unspecified atom stereocenters. The molecule has 0 spiro atoms. The van der Waals surface area contributed by atoms with Gasteiger partial charge in [-0.1, -0.05) is 6.92 Å². The largest absolute Gasteiger partial charge is 0.491 e.